The largest absolute Gasteiger partial charge is 0.473 e. The van der Waals surface area contributed by atoms with Crippen LogP contribution in [0.15, 0.2) is 116 Å². The van der Waals surface area contributed by atoms with E-state index < -0.39 is 0 Å². The summed E-state index contributed by atoms with van der Waals surface area (Å²) in [6.45, 7) is 14.9. The summed E-state index contributed by atoms with van der Waals surface area (Å²) in [6.07, 6.45) is 5.62. The maximum atomic E-state index is 6.28. The zero-order valence-electron chi connectivity index (χ0n) is 23.1. The van der Waals surface area contributed by atoms with E-state index in [9.17, 15) is 0 Å². The molecule has 3 nitrogen and oxygen atoms in total. The van der Waals surface area contributed by atoms with E-state index in [0.717, 1.165) is 37.4 Å². The average Bonchev–Trinajstić information content (AvgIpc) is 2.97. The summed E-state index contributed by atoms with van der Waals surface area (Å²) in [5.41, 5.74) is 9.76. The van der Waals surface area contributed by atoms with Crippen molar-refractivity contribution in [3.63, 3.8) is 0 Å². The fraction of sp³-hybridized carbons (Fsp3) is 0.222. The predicted octanol–water partition coefficient (Wildman–Crippen LogP) is 8.44. The van der Waals surface area contributed by atoms with Crippen LogP contribution in [-0.4, -0.2) is 6.73 Å². The van der Waals surface area contributed by atoms with E-state index in [1.165, 1.54) is 39.1 Å². The molecule has 0 unspecified atom stereocenters. The van der Waals surface area contributed by atoms with Gasteiger partial charge in [0.25, 0.3) is 0 Å². The fourth-order valence-corrected chi connectivity index (χ4v) is 5.59. The molecule has 3 heteroatoms. The first kappa shape index (κ1) is 26.4. The third-order valence-electron chi connectivity index (χ3n) is 7.66. The predicted molar refractivity (Wildman–Crippen MR) is 165 cm³/mol. The highest BCUT2D eigenvalue weighted by Gasteiger charge is 2.31. The molecule has 1 aliphatic rings. The van der Waals surface area contributed by atoms with Crippen molar-refractivity contribution >= 4 is 11.4 Å². The van der Waals surface area contributed by atoms with Crippen molar-refractivity contribution in [1.29, 1.82) is 0 Å². The number of para-hydroxylation sites is 2. The molecule has 0 fully saturated rings. The van der Waals surface area contributed by atoms with Gasteiger partial charge in [0.05, 0.1) is 0 Å². The van der Waals surface area contributed by atoms with Gasteiger partial charge >= 0.3 is 0 Å². The number of allylic oxidation sites excluding steroid dienone is 2. The highest BCUT2D eigenvalue weighted by Crippen LogP contribution is 2.41. The Morgan fingerprint density at radius 2 is 1.49 bits per heavy atom. The second kappa shape index (κ2) is 11.7. The molecule has 0 spiro atoms. The Bertz CT molecular complexity index is 1440. The lowest BCUT2D eigenvalue weighted by Gasteiger charge is -2.35. The van der Waals surface area contributed by atoms with E-state index in [1.807, 2.05) is 18.2 Å². The van der Waals surface area contributed by atoms with Gasteiger partial charge < -0.3 is 15.0 Å². The number of nitrogens with one attached hydrogen (secondary N) is 1. The van der Waals surface area contributed by atoms with Gasteiger partial charge in [0.1, 0.15) is 5.75 Å². The lowest BCUT2D eigenvalue weighted by atomic mass is 9.72. The van der Waals surface area contributed by atoms with Gasteiger partial charge in [-0.1, -0.05) is 80.6 Å². The van der Waals surface area contributed by atoms with E-state index in [1.54, 1.807) is 0 Å². The molecule has 0 saturated carbocycles. The summed E-state index contributed by atoms with van der Waals surface area (Å²) in [5, 5.41) is 3.57. The Morgan fingerprint density at radius 1 is 0.821 bits per heavy atom. The minimum atomic E-state index is -0.233. The Kier molecular flexibility index (Phi) is 7.88. The second-order valence-corrected chi connectivity index (χ2v) is 10.7. The van der Waals surface area contributed by atoms with Crippen molar-refractivity contribution in [2.24, 2.45) is 0 Å². The summed E-state index contributed by atoms with van der Waals surface area (Å²) in [4.78, 5) is 2.28. The van der Waals surface area contributed by atoms with Crippen LogP contribution in [0, 0.1) is 0 Å². The number of hydrogen-bond donors (Lipinski definition) is 1. The molecule has 0 bridgehead atoms. The van der Waals surface area contributed by atoms with Crippen LogP contribution in [0.3, 0.4) is 0 Å². The minimum absolute atomic E-state index is 0.233. The van der Waals surface area contributed by atoms with E-state index in [4.69, 9.17) is 4.74 Å². The average molecular weight is 515 g/mol. The Morgan fingerprint density at radius 3 is 2.21 bits per heavy atom. The monoisotopic (exact) mass is 514 g/mol. The maximum absolute atomic E-state index is 6.28. The van der Waals surface area contributed by atoms with Gasteiger partial charge in [-0.3, -0.25) is 0 Å². The summed E-state index contributed by atoms with van der Waals surface area (Å²) < 4.78 is 6.28. The zero-order valence-corrected chi connectivity index (χ0v) is 23.1. The lowest BCUT2D eigenvalue weighted by molar-refractivity contribution is 0.288. The first-order valence-corrected chi connectivity index (χ1v) is 13.7. The van der Waals surface area contributed by atoms with Crippen LogP contribution in [-0.2, 0) is 31.3 Å². The highest BCUT2D eigenvalue weighted by atomic mass is 16.5. The van der Waals surface area contributed by atoms with Crippen LogP contribution in [0.4, 0.5) is 11.4 Å². The fourth-order valence-electron chi connectivity index (χ4n) is 5.59. The molecule has 0 atom stereocenters. The van der Waals surface area contributed by atoms with Gasteiger partial charge in [-0.15, -0.1) is 13.2 Å². The third kappa shape index (κ3) is 5.78. The molecule has 1 heterocycles. The number of fused-ring (bicyclic) bond motifs is 1. The Balaban J connectivity index is 1.53. The standard InChI is InChI=1S/C36H38N2O/c1-5-13-28-20-19-27(24-37-31-15-9-7-10-16-31)21-33(28)36(3,4)34-22-30-25-38(32-17-11-8-12-18-32)26-39-35(30)23-29(34)14-6-2/h5-12,15-23,37H,1-2,13-14,24-26H2,3-4H3. The van der Waals surface area contributed by atoms with E-state index in [0.29, 0.717) is 6.73 Å². The minimum Gasteiger partial charge on any atom is -0.473 e. The van der Waals surface area contributed by atoms with Crippen molar-refractivity contribution < 1.29 is 4.74 Å². The van der Waals surface area contributed by atoms with Crippen LogP contribution in [0.5, 0.6) is 5.75 Å². The van der Waals surface area contributed by atoms with Crippen LogP contribution in [0.25, 0.3) is 0 Å². The van der Waals surface area contributed by atoms with Crippen LogP contribution in [0.2, 0.25) is 0 Å². The number of rotatable bonds is 10. The van der Waals surface area contributed by atoms with Gasteiger partial charge in [0.2, 0.25) is 0 Å². The quantitative estimate of drug-likeness (QED) is 0.215. The number of benzene rings is 4. The van der Waals surface area contributed by atoms with Crippen LogP contribution >= 0.6 is 0 Å². The molecule has 4 aromatic rings. The van der Waals surface area contributed by atoms with Crippen LogP contribution < -0.4 is 15.0 Å². The molecule has 198 valence electrons. The van der Waals surface area contributed by atoms with Gasteiger partial charge in [0, 0.05) is 35.4 Å². The SMILES string of the molecule is C=CCc1ccc(CNc2ccccc2)cc1C(C)(C)c1cc2c(cc1CC=C)OCN(c1ccccc1)C2. The van der Waals surface area contributed by atoms with Crippen molar-refractivity contribution in [3.8, 4) is 5.75 Å². The second-order valence-electron chi connectivity index (χ2n) is 10.7. The molecule has 0 aliphatic carbocycles. The number of ether oxygens (including phenoxy) is 1. The Hall–Kier alpha value is -4.24. The lowest BCUT2D eigenvalue weighted by Crippen LogP contribution is -2.32. The molecule has 4 aromatic carbocycles. The van der Waals surface area contributed by atoms with Crippen molar-refractivity contribution in [3.05, 3.63) is 150 Å². The summed E-state index contributed by atoms with van der Waals surface area (Å²) in [5.74, 6) is 0.978. The molecule has 0 amide bonds. The van der Waals surface area contributed by atoms with Crippen molar-refractivity contribution in [2.45, 2.75) is 45.2 Å². The molecule has 1 N–H and O–H groups in total. The summed E-state index contributed by atoms with van der Waals surface area (Å²) in [7, 11) is 0. The molecule has 0 aromatic heterocycles. The third-order valence-corrected chi connectivity index (χ3v) is 7.66. The topological polar surface area (TPSA) is 24.5 Å². The number of nitrogens with zero attached hydrogens (tertiary/aromatic N) is 1. The van der Waals surface area contributed by atoms with Crippen molar-refractivity contribution in [1.82, 2.24) is 0 Å². The van der Waals surface area contributed by atoms with Crippen molar-refractivity contribution in [2.75, 3.05) is 16.9 Å². The van der Waals surface area contributed by atoms with Gasteiger partial charge in [-0.25, -0.2) is 0 Å². The first-order chi connectivity index (χ1) is 19.0. The molecular formula is C36H38N2O. The summed E-state index contributed by atoms with van der Waals surface area (Å²) >= 11 is 0. The van der Waals surface area contributed by atoms with Gasteiger partial charge in [0.15, 0.2) is 6.73 Å². The van der Waals surface area contributed by atoms with Gasteiger partial charge in [-0.2, -0.15) is 0 Å². The normalized spacial score (nSPS) is 12.8. The summed E-state index contributed by atoms with van der Waals surface area (Å²) in [6, 6.07) is 32.3. The van der Waals surface area contributed by atoms with E-state index in [2.05, 4.69) is 122 Å². The molecule has 0 radical (unpaired) electrons. The maximum Gasteiger partial charge on any atom is 0.161 e. The molecule has 1 aliphatic heterocycles. The smallest absolute Gasteiger partial charge is 0.161 e. The molecular weight excluding hydrogens is 476 g/mol. The molecule has 39 heavy (non-hydrogen) atoms. The van der Waals surface area contributed by atoms with Gasteiger partial charge in [-0.05, 0) is 77.1 Å². The highest BCUT2D eigenvalue weighted by molar-refractivity contribution is 5.56. The molecule has 5 rings (SSSR count). The zero-order chi connectivity index (χ0) is 27.2. The number of anilines is 2. The number of hydrogen-bond acceptors (Lipinski definition) is 3. The van der Waals surface area contributed by atoms with E-state index in [-0.39, 0.29) is 5.41 Å². The first-order valence-electron chi connectivity index (χ1n) is 13.7. The van der Waals surface area contributed by atoms with E-state index >= 15 is 0 Å². The van der Waals surface area contributed by atoms with Crippen LogP contribution in [0.1, 0.15) is 47.2 Å². The Labute approximate surface area is 233 Å². The molecule has 0 saturated heterocycles.